The molecule has 2 heterocycles. The van der Waals surface area contributed by atoms with Crippen LogP contribution in [0.25, 0.3) is 11.0 Å². The Morgan fingerprint density at radius 3 is 2.62 bits per heavy atom. The first-order valence-corrected chi connectivity index (χ1v) is 8.70. The minimum atomic E-state index is -0.191. The van der Waals surface area contributed by atoms with Crippen LogP contribution in [0.2, 0.25) is 0 Å². The summed E-state index contributed by atoms with van der Waals surface area (Å²) < 4.78 is 2.17. The van der Waals surface area contributed by atoms with Crippen molar-refractivity contribution in [2.75, 3.05) is 23.3 Å². The lowest BCUT2D eigenvalue weighted by atomic mass is 10.00. The molecule has 128 valence electrons. The predicted molar refractivity (Wildman–Crippen MR) is 99.7 cm³/mol. The van der Waals surface area contributed by atoms with Gasteiger partial charge in [0.05, 0.1) is 11.0 Å². The Hall–Kier alpha value is -2.30. The molecule has 0 radical (unpaired) electrons. The average molecular weight is 326 g/mol. The highest BCUT2D eigenvalue weighted by Crippen LogP contribution is 2.32. The van der Waals surface area contributed by atoms with Gasteiger partial charge >= 0.3 is 0 Å². The second kappa shape index (κ2) is 6.67. The number of aryl methyl sites for hydroxylation is 1. The molecule has 1 aliphatic rings. The summed E-state index contributed by atoms with van der Waals surface area (Å²) in [6.45, 7) is 9.93. The molecule has 2 aromatic rings. The number of amides is 1. The van der Waals surface area contributed by atoms with Crippen LogP contribution in [0, 0.1) is 0 Å². The molecule has 1 N–H and O–H groups in total. The second-order valence-electron chi connectivity index (χ2n) is 6.79. The van der Waals surface area contributed by atoms with Crippen LogP contribution in [0.3, 0.4) is 0 Å². The lowest BCUT2D eigenvalue weighted by Gasteiger charge is -2.27. The highest BCUT2D eigenvalue weighted by atomic mass is 16.1. The quantitative estimate of drug-likeness (QED) is 0.869. The molecule has 1 aromatic carbocycles. The number of fused-ring (bicyclic) bond motifs is 1. The lowest BCUT2D eigenvalue weighted by Crippen LogP contribution is -2.31. The molecule has 0 unspecified atom stereocenters. The largest absolute Gasteiger partial charge is 0.342 e. The zero-order chi connectivity index (χ0) is 17.3. The third-order valence-electron chi connectivity index (χ3n) is 4.73. The van der Waals surface area contributed by atoms with Crippen molar-refractivity contribution in [2.24, 2.45) is 7.05 Å². The Labute approximate surface area is 143 Å². The van der Waals surface area contributed by atoms with Gasteiger partial charge in [0, 0.05) is 25.8 Å². The van der Waals surface area contributed by atoms with Gasteiger partial charge in [0.25, 0.3) is 0 Å². The minimum Gasteiger partial charge on any atom is -0.342 e. The van der Waals surface area contributed by atoms with Gasteiger partial charge in [-0.1, -0.05) is 20.4 Å². The smallest absolute Gasteiger partial charge is 0.247 e. The molecule has 1 aromatic heterocycles. The van der Waals surface area contributed by atoms with E-state index >= 15 is 0 Å². The Morgan fingerprint density at radius 2 is 2.00 bits per heavy atom. The van der Waals surface area contributed by atoms with Gasteiger partial charge in [0.15, 0.2) is 0 Å². The number of carbonyl (C=O) groups is 1. The van der Waals surface area contributed by atoms with Crippen LogP contribution in [0.1, 0.15) is 44.6 Å². The molecule has 0 spiro atoms. The van der Waals surface area contributed by atoms with Crippen LogP contribution in [-0.4, -0.2) is 28.5 Å². The van der Waals surface area contributed by atoms with E-state index in [2.05, 4.69) is 48.3 Å². The van der Waals surface area contributed by atoms with Crippen molar-refractivity contribution >= 4 is 28.6 Å². The fourth-order valence-electron chi connectivity index (χ4n) is 3.39. The highest BCUT2D eigenvalue weighted by molar-refractivity contribution is 6.01. The summed E-state index contributed by atoms with van der Waals surface area (Å²) in [7, 11) is 2.07. The molecule has 3 rings (SSSR count). The van der Waals surface area contributed by atoms with E-state index in [-0.39, 0.29) is 5.91 Å². The summed E-state index contributed by atoms with van der Waals surface area (Å²) in [4.78, 5) is 19.0. The number of rotatable bonds is 4. The molecule has 1 aliphatic heterocycles. The van der Waals surface area contributed by atoms with Crippen LogP contribution >= 0.6 is 0 Å². The van der Waals surface area contributed by atoms with Crippen LogP contribution < -0.4 is 10.2 Å². The first-order valence-electron chi connectivity index (χ1n) is 8.70. The molecular weight excluding hydrogens is 300 g/mol. The van der Waals surface area contributed by atoms with E-state index in [9.17, 15) is 4.79 Å². The lowest BCUT2D eigenvalue weighted by molar-refractivity contribution is -0.111. The van der Waals surface area contributed by atoms with Gasteiger partial charge in [-0.2, -0.15) is 0 Å². The zero-order valence-corrected chi connectivity index (χ0v) is 14.8. The predicted octanol–water partition coefficient (Wildman–Crippen LogP) is 3.81. The summed E-state index contributed by atoms with van der Waals surface area (Å²) in [5, 5.41) is 2.92. The van der Waals surface area contributed by atoms with Crippen LogP contribution in [-0.2, 0) is 11.8 Å². The van der Waals surface area contributed by atoms with Crippen molar-refractivity contribution in [3.63, 3.8) is 0 Å². The van der Waals surface area contributed by atoms with Crippen molar-refractivity contribution < 1.29 is 4.79 Å². The number of aromatic nitrogens is 2. The maximum Gasteiger partial charge on any atom is 0.247 e. The van der Waals surface area contributed by atoms with Crippen molar-refractivity contribution in [2.45, 2.75) is 39.0 Å². The van der Waals surface area contributed by atoms with Gasteiger partial charge in [0.2, 0.25) is 11.9 Å². The molecule has 24 heavy (non-hydrogen) atoms. The van der Waals surface area contributed by atoms with Gasteiger partial charge in [-0.3, -0.25) is 4.79 Å². The summed E-state index contributed by atoms with van der Waals surface area (Å²) in [5.74, 6) is 1.14. The fraction of sp³-hybridized carbons (Fsp3) is 0.474. The zero-order valence-electron chi connectivity index (χ0n) is 14.8. The van der Waals surface area contributed by atoms with Gasteiger partial charge in [0.1, 0.15) is 0 Å². The number of hydrogen-bond acceptors (Lipinski definition) is 3. The highest BCUT2D eigenvalue weighted by Gasteiger charge is 2.19. The Morgan fingerprint density at radius 1 is 1.29 bits per heavy atom. The fourth-order valence-corrected chi connectivity index (χ4v) is 3.39. The Bertz CT molecular complexity index is 769. The first kappa shape index (κ1) is 16.6. The number of piperidine rings is 1. The summed E-state index contributed by atoms with van der Waals surface area (Å²) in [6.07, 6.45) is 5.05. The molecule has 1 amide bonds. The second-order valence-corrected chi connectivity index (χ2v) is 6.79. The van der Waals surface area contributed by atoms with E-state index in [0.29, 0.717) is 5.92 Å². The summed E-state index contributed by atoms with van der Waals surface area (Å²) >= 11 is 0. The van der Waals surface area contributed by atoms with Crippen molar-refractivity contribution in [1.29, 1.82) is 0 Å². The minimum absolute atomic E-state index is 0.191. The van der Waals surface area contributed by atoms with Crippen LogP contribution in [0.5, 0.6) is 0 Å². The SMILES string of the molecule is C=CC(=O)Nc1cc2nc(N3CCCCC3)n(C)c2cc1C(C)C. The number of nitrogens with zero attached hydrogens (tertiary/aromatic N) is 3. The van der Waals surface area contributed by atoms with E-state index in [0.717, 1.165) is 41.3 Å². The van der Waals surface area contributed by atoms with Crippen molar-refractivity contribution in [3.8, 4) is 0 Å². The number of benzene rings is 1. The van der Waals surface area contributed by atoms with E-state index < -0.39 is 0 Å². The normalized spacial score (nSPS) is 15.1. The van der Waals surface area contributed by atoms with Crippen molar-refractivity contribution in [3.05, 3.63) is 30.4 Å². The maximum absolute atomic E-state index is 11.7. The molecule has 5 nitrogen and oxygen atoms in total. The van der Waals surface area contributed by atoms with Crippen LogP contribution in [0.4, 0.5) is 11.6 Å². The number of nitrogens with one attached hydrogen (secondary N) is 1. The van der Waals surface area contributed by atoms with E-state index in [1.165, 1.54) is 25.3 Å². The van der Waals surface area contributed by atoms with E-state index in [1.54, 1.807) is 0 Å². The van der Waals surface area contributed by atoms with E-state index in [1.807, 2.05) is 6.07 Å². The monoisotopic (exact) mass is 326 g/mol. The van der Waals surface area contributed by atoms with Gasteiger partial charge in [-0.15, -0.1) is 0 Å². The van der Waals surface area contributed by atoms with Crippen molar-refractivity contribution in [1.82, 2.24) is 9.55 Å². The third kappa shape index (κ3) is 3.03. The first-order chi connectivity index (χ1) is 11.5. The summed E-state index contributed by atoms with van der Waals surface area (Å²) in [6, 6.07) is 4.14. The third-order valence-corrected chi connectivity index (χ3v) is 4.73. The maximum atomic E-state index is 11.7. The molecular formula is C19H26N4O. The van der Waals surface area contributed by atoms with Gasteiger partial charge < -0.3 is 14.8 Å². The molecule has 0 atom stereocenters. The number of carbonyl (C=O) groups excluding carboxylic acids is 1. The molecule has 1 saturated heterocycles. The molecule has 5 heteroatoms. The van der Waals surface area contributed by atoms with Gasteiger partial charge in [-0.05, 0) is 49.0 Å². The molecule has 0 bridgehead atoms. The van der Waals surface area contributed by atoms with Gasteiger partial charge in [-0.25, -0.2) is 4.98 Å². The molecule has 0 aliphatic carbocycles. The van der Waals surface area contributed by atoms with E-state index in [4.69, 9.17) is 4.98 Å². The number of anilines is 2. The molecule has 1 fully saturated rings. The summed E-state index contributed by atoms with van der Waals surface area (Å²) in [5.41, 5.74) is 3.97. The Kier molecular flexibility index (Phi) is 4.60. The number of imidazole rings is 1. The average Bonchev–Trinajstić information content (AvgIpc) is 2.90. The standard InChI is InChI=1S/C19H26N4O/c1-5-18(24)20-15-12-16-17(11-14(15)13(2)3)22(4)19(21-16)23-9-7-6-8-10-23/h5,11-13H,1,6-10H2,2-4H3,(H,20,24). The molecule has 0 saturated carbocycles. The topological polar surface area (TPSA) is 50.2 Å². The van der Waals surface area contributed by atoms with Crippen LogP contribution in [0.15, 0.2) is 24.8 Å². The Balaban J connectivity index is 2.08. The number of hydrogen-bond donors (Lipinski definition) is 1.